The third kappa shape index (κ3) is 4.24. The Morgan fingerprint density at radius 3 is 2.60 bits per heavy atom. The topological polar surface area (TPSA) is 47.0 Å². The summed E-state index contributed by atoms with van der Waals surface area (Å²) in [5.41, 5.74) is 0.110. The Kier molecular flexibility index (Phi) is 4.19. The van der Waals surface area contributed by atoms with Crippen LogP contribution in [0, 0.1) is 0 Å². The Balaban J connectivity index is 2.53. The lowest BCUT2D eigenvalue weighted by Crippen LogP contribution is -2.35. The number of rotatable bonds is 4. The molecule has 0 saturated heterocycles. The fourth-order valence-electron chi connectivity index (χ4n) is 0.944. The Labute approximate surface area is 95.1 Å². The molecule has 1 rings (SSSR count). The summed E-state index contributed by atoms with van der Waals surface area (Å²) in [6.07, 6.45) is 0.0332. The average Bonchev–Trinajstić information content (AvgIpc) is 2.61. The lowest BCUT2D eigenvalue weighted by atomic mass is 10.1. The van der Waals surface area contributed by atoms with Crippen LogP contribution in [0.4, 0.5) is 0 Å². The van der Waals surface area contributed by atoms with Crippen molar-refractivity contribution in [3.05, 3.63) is 10.0 Å². The third-order valence-electron chi connectivity index (χ3n) is 1.95. The first kappa shape index (κ1) is 12.5. The summed E-state index contributed by atoms with van der Waals surface area (Å²) in [6, 6.07) is 0. The number of hydrogen-bond acceptors (Lipinski definition) is 5. The zero-order valence-electron chi connectivity index (χ0n) is 10.00. The van der Waals surface area contributed by atoms with Crippen LogP contribution >= 0.6 is 11.3 Å². The highest BCUT2D eigenvalue weighted by molar-refractivity contribution is 7.11. The van der Waals surface area contributed by atoms with Crippen molar-refractivity contribution in [2.45, 2.75) is 45.9 Å². The first-order valence-corrected chi connectivity index (χ1v) is 5.84. The maximum atomic E-state index is 5.18. The van der Waals surface area contributed by atoms with E-state index < -0.39 is 0 Å². The Morgan fingerprint density at radius 1 is 1.40 bits per heavy atom. The molecule has 0 spiro atoms. The molecule has 0 aliphatic rings. The van der Waals surface area contributed by atoms with E-state index in [0.29, 0.717) is 0 Å². The first-order valence-electron chi connectivity index (χ1n) is 5.02. The standard InChI is InChI=1S/C10H19N3OS/c1-7(14-5)9-13-12-8(15-9)6-11-10(2,3)4/h7,11H,6H2,1-5H3. The van der Waals surface area contributed by atoms with E-state index in [4.69, 9.17) is 4.74 Å². The monoisotopic (exact) mass is 229 g/mol. The van der Waals surface area contributed by atoms with Crippen molar-refractivity contribution in [1.29, 1.82) is 0 Å². The van der Waals surface area contributed by atoms with Gasteiger partial charge in [-0.25, -0.2) is 0 Å². The summed E-state index contributed by atoms with van der Waals surface area (Å²) in [5, 5.41) is 13.5. The molecule has 1 aromatic heterocycles. The van der Waals surface area contributed by atoms with Crippen molar-refractivity contribution in [1.82, 2.24) is 15.5 Å². The van der Waals surface area contributed by atoms with Gasteiger partial charge in [0.25, 0.3) is 0 Å². The van der Waals surface area contributed by atoms with Crippen LogP contribution in [0.25, 0.3) is 0 Å². The van der Waals surface area contributed by atoms with Crippen LogP contribution in [0.2, 0.25) is 0 Å². The molecule has 15 heavy (non-hydrogen) atoms. The molecule has 0 radical (unpaired) electrons. The molecule has 1 N–H and O–H groups in total. The molecule has 0 fully saturated rings. The van der Waals surface area contributed by atoms with Gasteiger partial charge in [-0.2, -0.15) is 0 Å². The van der Waals surface area contributed by atoms with Gasteiger partial charge in [0, 0.05) is 12.6 Å². The molecule has 1 atom stereocenters. The first-order chi connectivity index (χ1) is 6.92. The number of ether oxygens (including phenoxy) is 1. The van der Waals surface area contributed by atoms with E-state index in [9.17, 15) is 0 Å². The highest BCUT2D eigenvalue weighted by Gasteiger charge is 2.13. The van der Waals surface area contributed by atoms with Gasteiger partial charge in [-0.05, 0) is 27.7 Å². The van der Waals surface area contributed by atoms with Crippen molar-refractivity contribution in [2.75, 3.05) is 7.11 Å². The van der Waals surface area contributed by atoms with E-state index in [1.807, 2.05) is 6.92 Å². The smallest absolute Gasteiger partial charge is 0.146 e. The lowest BCUT2D eigenvalue weighted by molar-refractivity contribution is 0.118. The molecular weight excluding hydrogens is 210 g/mol. The van der Waals surface area contributed by atoms with Gasteiger partial charge in [-0.3, -0.25) is 0 Å². The quantitative estimate of drug-likeness (QED) is 0.859. The predicted octanol–water partition coefficient (Wildman–Crippen LogP) is 2.13. The van der Waals surface area contributed by atoms with Gasteiger partial charge >= 0.3 is 0 Å². The minimum atomic E-state index is 0.0332. The zero-order valence-corrected chi connectivity index (χ0v) is 10.8. The van der Waals surface area contributed by atoms with Crippen LogP contribution < -0.4 is 5.32 Å². The number of hydrogen-bond donors (Lipinski definition) is 1. The number of aromatic nitrogens is 2. The summed E-state index contributed by atoms with van der Waals surface area (Å²) in [7, 11) is 1.68. The fraction of sp³-hybridized carbons (Fsp3) is 0.800. The maximum absolute atomic E-state index is 5.18. The van der Waals surface area contributed by atoms with Crippen molar-refractivity contribution in [3.8, 4) is 0 Å². The normalized spacial score (nSPS) is 14.2. The molecule has 5 heteroatoms. The van der Waals surface area contributed by atoms with Gasteiger partial charge in [-0.15, -0.1) is 10.2 Å². The largest absolute Gasteiger partial charge is 0.374 e. The van der Waals surface area contributed by atoms with Gasteiger partial charge in [0.05, 0.1) is 6.54 Å². The highest BCUT2D eigenvalue weighted by atomic mass is 32.1. The van der Waals surface area contributed by atoms with Gasteiger partial charge in [0.15, 0.2) is 0 Å². The molecule has 1 aromatic rings. The Hall–Kier alpha value is -0.520. The highest BCUT2D eigenvalue weighted by Crippen LogP contribution is 2.20. The number of nitrogens with one attached hydrogen (secondary N) is 1. The van der Waals surface area contributed by atoms with E-state index in [0.717, 1.165) is 16.6 Å². The second-order valence-electron chi connectivity index (χ2n) is 4.52. The van der Waals surface area contributed by atoms with E-state index >= 15 is 0 Å². The van der Waals surface area contributed by atoms with Crippen LogP contribution in [0.1, 0.15) is 43.8 Å². The summed E-state index contributed by atoms with van der Waals surface area (Å²) in [4.78, 5) is 0. The summed E-state index contributed by atoms with van der Waals surface area (Å²) in [6.45, 7) is 9.13. The van der Waals surface area contributed by atoms with Gasteiger partial charge in [-0.1, -0.05) is 11.3 Å². The molecule has 0 aromatic carbocycles. The Morgan fingerprint density at radius 2 is 2.07 bits per heavy atom. The lowest BCUT2D eigenvalue weighted by Gasteiger charge is -2.19. The van der Waals surface area contributed by atoms with Crippen molar-refractivity contribution in [2.24, 2.45) is 0 Å². The van der Waals surface area contributed by atoms with Crippen LogP contribution in [0.15, 0.2) is 0 Å². The van der Waals surface area contributed by atoms with E-state index in [-0.39, 0.29) is 11.6 Å². The molecule has 0 saturated carbocycles. The maximum Gasteiger partial charge on any atom is 0.146 e. The Bertz CT molecular complexity index is 306. The summed E-state index contributed by atoms with van der Waals surface area (Å²) >= 11 is 1.60. The van der Waals surface area contributed by atoms with E-state index in [1.54, 1.807) is 18.4 Å². The molecule has 0 amide bonds. The molecule has 1 heterocycles. The zero-order chi connectivity index (χ0) is 11.5. The van der Waals surface area contributed by atoms with Crippen LogP contribution in [0.3, 0.4) is 0 Å². The van der Waals surface area contributed by atoms with Gasteiger partial charge < -0.3 is 10.1 Å². The second-order valence-corrected chi connectivity index (χ2v) is 5.61. The molecule has 0 aliphatic heterocycles. The van der Waals surface area contributed by atoms with Gasteiger partial charge in [0.2, 0.25) is 0 Å². The number of methoxy groups -OCH3 is 1. The minimum absolute atomic E-state index is 0.0332. The van der Waals surface area contributed by atoms with Crippen LogP contribution in [-0.2, 0) is 11.3 Å². The van der Waals surface area contributed by atoms with Crippen molar-refractivity contribution in [3.63, 3.8) is 0 Å². The predicted molar refractivity (Wildman–Crippen MR) is 61.9 cm³/mol. The van der Waals surface area contributed by atoms with Crippen molar-refractivity contribution < 1.29 is 4.74 Å². The van der Waals surface area contributed by atoms with Crippen LogP contribution in [-0.4, -0.2) is 22.8 Å². The van der Waals surface area contributed by atoms with Crippen LogP contribution in [0.5, 0.6) is 0 Å². The minimum Gasteiger partial charge on any atom is -0.374 e. The van der Waals surface area contributed by atoms with E-state index in [1.165, 1.54) is 0 Å². The second kappa shape index (κ2) is 5.01. The molecule has 0 aliphatic carbocycles. The summed E-state index contributed by atoms with van der Waals surface area (Å²) in [5.74, 6) is 0. The number of nitrogens with zero attached hydrogens (tertiary/aromatic N) is 2. The molecule has 86 valence electrons. The van der Waals surface area contributed by atoms with E-state index in [2.05, 4.69) is 36.3 Å². The molecular formula is C10H19N3OS. The summed E-state index contributed by atoms with van der Waals surface area (Å²) < 4.78 is 5.18. The van der Waals surface area contributed by atoms with Crippen molar-refractivity contribution >= 4 is 11.3 Å². The fourth-order valence-corrected chi connectivity index (χ4v) is 1.76. The average molecular weight is 229 g/mol. The third-order valence-corrected chi connectivity index (χ3v) is 3.04. The SMILES string of the molecule is COC(C)c1nnc(CNC(C)(C)C)s1. The molecule has 1 unspecified atom stereocenters. The van der Waals surface area contributed by atoms with Gasteiger partial charge in [0.1, 0.15) is 16.1 Å². The molecule has 4 nitrogen and oxygen atoms in total. The molecule has 0 bridgehead atoms.